The molecule has 1 unspecified atom stereocenters. The zero-order valence-electron chi connectivity index (χ0n) is 8.72. The van der Waals surface area contributed by atoms with E-state index in [1.54, 1.807) is 0 Å². The molecule has 2 rings (SSSR count). The molecule has 15 heavy (non-hydrogen) atoms. The van der Waals surface area contributed by atoms with Crippen LogP contribution in [-0.2, 0) is 13.5 Å². The molecule has 0 saturated heterocycles. The number of nitrogens with two attached hydrogens (primary N) is 1. The van der Waals surface area contributed by atoms with Crippen molar-refractivity contribution in [2.45, 2.75) is 12.5 Å². The molecule has 0 saturated carbocycles. The number of benzene rings is 1. The van der Waals surface area contributed by atoms with Gasteiger partial charge in [0.25, 0.3) is 0 Å². The van der Waals surface area contributed by atoms with E-state index in [4.69, 9.17) is 10.8 Å². The Labute approximate surface area is 88.3 Å². The van der Waals surface area contributed by atoms with Gasteiger partial charge in [-0.15, -0.1) is 0 Å². The van der Waals surface area contributed by atoms with E-state index in [0.29, 0.717) is 6.42 Å². The number of aliphatic hydroxyl groups is 1. The third-order valence-corrected chi connectivity index (χ3v) is 2.52. The lowest BCUT2D eigenvalue weighted by Crippen LogP contribution is -2.27. The summed E-state index contributed by atoms with van der Waals surface area (Å²) in [4.78, 5) is 0. The van der Waals surface area contributed by atoms with Crippen LogP contribution in [0.2, 0.25) is 0 Å². The minimum Gasteiger partial charge on any atom is -0.395 e. The number of aliphatic hydroxyl groups excluding tert-OH is 1. The fraction of sp³-hybridized carbons (Fsp3) is 0.364. The van der Waals surface area contributed by atoms with Crippen molar-refractivity contribution in [2.24, 2.45) is 12.8 Å². The lowest BCUT2D eigenvalue weighted by molar-refractivity contribution is 0.264. The fourth-order valence-electron chi connectivity index (χ4n) is 1.75. The third kappa shape index (κ3) is 1.86. The van der Waals surface area contributed by atoms with E-state index in [-0.39, 0.29) is 12.6 Å². The van der Waals surface area contributed by atoms with Gasteiger partial charge in [0.05, 0.1) is 17.8 Å². The van der Waals surface area contributed by atoms with E-state index < -0.39 is 0 Å². The van der Waals surface area contributed by atoms with Crippen molar-refractivity contribution in [3.63, 3.8) is 0 Å². The number of fused-ring (bicyclic) bond motifs is 1. The first kappa shape index (κ1) is 10.1. The van der Waals surface area contributed by atoms with Gasteiger partial charge in [-0.2, -0.15) is 5.10 Å². The van der Waals surface area contributed by atoms with Crippen molar-refractivity contribution in [1.82, 2.24) is 9.78 Å². The molecule has 0 aliphatic heterocycles. The van der Waals surface area contributed by atoms with E-state index in [1.807, 2.05) is 36.0 Å². The maximum Gasteiger partial charge on any atom is 0.0719 e. The molecule has 0 bridgehead atoms. The maximum atomic E-state index is 8.92. The van der Waals surface area contributed by atoms with Crippen LogP contribution in [-0.4, -0.2) is 27.5 Å². The Morgan fingerprint density at radius 3 is 2.93 bits per heavy atom. The van der Waals surface area contributed by atoms with Crippen LogP contribution in [0.4, 0.5) is 0 Å². The summed E-state index contributed by atoms with van der Waals surface area (Å²) in [5.41, 5.74) is 7.75. The average Bonchev–Trinajstić information content (AvgIpc) is 2.57. The van der Waals surface area contributed by atoms with Gasteiger partial charge in [-0.05, 0) is 6.07 Å². The molecule has 0 radical (unpaired) electrons. The summed E-state index contributed by atoms with van der Waals surface area (Å²) in [7, 11) is 1.91. The molecule has 1 aromatic heterocycles. The Balaban J connectivity index is 2.43. The Morgan fingerprint density at radius 2 is 2.20 bits per heavy atom. The van der Waals surface area contributed by atoms with Gasteiger partial charge in [-0.1, -0.05) is 18.2 Å². The predicted molar refractivity (Wildman–Crippen MR) is 59.5 cm³/mol. The Kier molecular flexibility index (Phi) is 2.70. The minimum absolute atomic E-state index is 0.00903. The molecule has 1 aromatic carbocycles. The summed E-state index contributed by atoms with van der Waals surface area (Å²) in [5.74, 6) is 0. The topological polar surface area (TPSA) is 64.1 Å². The van der Waals surface area contributed by atoms with E-state index in [2.05, 4.69) is 5.10 Å². The van der Waals surface area contributed by atoms with Gasteiger partial charge in [0.15, 0.2) is 0 Å². The first-order valence-electron chi connectivity index (χ1n) is 4.99. The zero-order chi connectivity index (χ0) is 10.8. The van der Waals surface area contributed by atoms with Crippen LogP contribution in [0.25, 0.3) is 10.9 Å². The molecule has 0 fully saturated rings. The molecule has 1 heterocycles. The number of nitrogens with zero attached hydrogens (tertiary/aromatic N) is 2. The highest BCUT2D eigenvalue weighted by molar-refractivity contribution is 5.81. The molecule has 4 nitrogen and oxygen atoms in total. The van der Waals surface area contributed by atoms with E-state index in [1.165, 1.54) is 0 Å². The second-order valence-corrected chi connectivity index (χ2v) is 3.73. The number of para-hydroxylation sites is 1. The number of rotatable bonds is 3. The largest absolute Gasteiger partial charge is 0.395 e. The van der Waals surface area contributed by atoms with E-state index in [0.717, 1.165) is 16.6 Å². The predicted octanol–water partition coefficient (Wildman–Crippen LogP) is 0.435. The van der Waals surface area contributed by atoms with Gasteiger partial charge in [0.1, 0.15) is 0 Å². The highest BCUT2D eigenvalue weighted by Crippen LogP contribution is 2.18. The maximum absolute atomic E-state index is 8.92. The van der Waals surface area contributed by atoms with Crippen molar-refractivity contribution < 1.29 is 5.11 Å². The third-order valence-electron chi connectivity index (χ3n) is 2.52. The summed E-state index contributed by atoms with van der Waals surface area (Å²) in [6.45, 7) is -0.00903. The fourth-order valence-corrected chi connectivity index (χ4v) is 1.75. The first-order valence-corrected chi connectivity index (χ1v) is 4.99. The molecule has 4 heteroatoms. The second-order valence-electron chi connectivity index (χ2n) is 3.73. The van der Waals surface area contributed by atoms with Crippen molar-refractivity contribution in [3.8, 4) is 0 Å². The highest BCUT2D eigenvalue weighted by atomic mass is 16.3. The summed E-state index contributed by atoms with van der Waals surface area (Å²) in [6.07, 6.45) is 0.609. The summed E-state index contributed by atoms with van der Waals surface area (Å²) >= 11 is 0. The zero-order valence-corrected chi connectivity index (χ0v) is 8.72. The normalized spacial score (nSPS) is 13.3. The molecular weight excluding hydrogens is 190 g/mol. The Hall–Kier alpha value is -1.39. The summed E-state index contributed by atoms with van der Waals surface area (Å²) in [5, 5.41) is 14.4. The SMILES string of the molecule is Cn1nc(CC(N)CO)c2ccccc21. The lowest BCUT2D eigenvalue weighted by atomic mass is 10.1. The van der Waals surface area contributed by atoms with Gasteiger partial charge in [0, 0.05) is 24.9 Å². The van der Waals surface area contributed by atoms with Crippen LogP contribution in [0.5, 0.6) is 0 Å². The van der Waals surface area contributed by atoms with Crippen molar-refractivity contribution in [2.75, 3.05) is 6.61 Å². The molecule has 2 aromatic rings. The van der Waals surface area contributed by atoms with Gasteiger partial charge < -0.3 is 10.8 Å². The van der Waals surface area contributed by atoms with Crippen molar-refractivity contribution >= 4 is 10.9 Å². The van der Waals surface area contributed by atoms with Crippen LogP contribution in [0.3, 0.4) is 0 Å². The standard InChI is InChI=1S/C11H15N3O/c1-14-11-5-3-2-4-9(11)10(13-14)6-8(12)7-15/h2-5,8,15H,6-7,12H2,1H3. The van der Waals surface area contributed by atoms with Gasteiger partial charge in [0.2, 0.25) is 0 Å². The smallest absolute Gasteiger partial charge is 0.0719 e. The molecule has 3 N–H and O–H groups in total. The van der Waals surface area contributed by atoms with Gasteiger partial charge in [-0.3, -0.25) is 4.68 Å². The molecule has 1 atom stereocenters. The molecule has 0 amide bonds. The molecule has 0 aliphatic rings. The summed E-state index contributed by atoms with van der Waals surface area (Å²) < 4.78 is 1.84. The number of aromatic nitrogens is 2. The van der Waals surface area contributed by atoms with Crippen LogP contribution in [0, 0.1) is 0 Å². The monoisotopic (exact) mass is 205 g/mol. The molecular formula is C11H15N3O. The van der Waals surface area contributed by atoms with E-state index in [9.17, 15) is 0 Å². The van der Waals surface area contributed by atoms with Crippen LogP contribution in [0.15, 0.2) is 24.3 Å². The first-order chi connectivity index (χ1) is 7.22. The van der Waals surface area contributed by atoms with Crippen LogP contribution in [0.1, 0.15) is 5.69 Å². The van der Waals surface area contributed by atoms with Crippen LogP contribution >= 0.6 is 0 Å². The van der Waals surface area contributed by atoms with Crippen LogP contribution < -0.4 is 5.73 Å². The highest BCUT2D eigenvalue weighted by Gasteiger charge is 2.10. The average molecular weight is 205 g/mol. The van der Waals surface area contributed by atoms with Gasteiger partial charge >= 0.3 is 0 Å². The Bertz CT molecular complexity index is 464. The van der Waals surface area contributed by atoms with E-state index >= 15 is 0 Å². The summed E-state index contributed by atoms with van der Waals surface area (Å²) in [6, 6.07) is 7.79. The van der Waals surface area contributed by atoms with Crippen molar-refractivity contribution in [1.29, 1.82) is 0 Å². The lowest BCUT2D eigenvalue weighted by Gasteiger charge is -2.04. The van der Waals surface area contributed by atoms with Crippen molar-refractivity contribution in [3.05, 3.63) is 30.0 Å². The molecule has 80 valence electrons. The number of hydrogen-bond donors (Lipinski definition) is 2. The second kappa shape index (κ2) is 4.00. The Morgan fingerprint density at radius 1 is 1.47 bits per heavy atom. The quantitative estimate of drug-likeness (QED) is 0.764. The van der Waals surface area contributed by atoms with Gasteiger partial charge in [-0.25, -0.2) is 0 Å². The number of aryl methyl sites for hydroxylation is 1. The minimum atomic E-state index is -0.233. The number of hydrogen-bond acceptors (Lipinski definition) is 3. The molecule has 0 aliphatic carbocycles. The molecule has 0 spiro atoms.